The van der Waals surface area contributed by atoms with Crippen LogP contribution in [0.4, 0.5) is 11.8 Å². The molecule has 0 atom stereocenters. The number of nitrogens with zero attached hydrogens (tertiary/aromatic N) is 4. The van der Waals surface area contributed by atoms with Crippen LogP contribution in [0.15, 0.2) is 23.2 Å². The molecule has 0 aromatic carbocycles. The van der Waals surface area contributed by atoms with Crippen LogP contribution < -0.4 is 10.6 Å². The number of fused-ring (bicyclic) bond motifs is 1. The molecule has 3 heterocycles. The maximum atomic E-state index is 4.80. The molecule has 3 N–H and O–H groups in total. The number of anilines is 2. The van der Waals surface area contributed by atoms with E-state index in [1.54, 1.807) is 12.4 Å². The Kier molecular flexibility index (Phi) is 3.44. The van der Waals surface area contributed by atoms with Gasteiger partial charge in [0.2, 0.25) is 5.95 Å². The summed E-state index contributed by atoms with van der Waals surface area (Å²) >= 11 is 0. The zero-order valence-corrected chi connectivity index (χ0v) is 11.1. The highest BCUT2D eigenvalue weighted by Crippen LogP contribution is 2.19. The Hall–Kier alpha value is -2.64. The maximum absolute atomic E-state index is 4.80. The average Bonchev–Trinajstić information content (AvgIpc) is 3.13. The standard InChI is InChI=1S/C12H15N7O/c1-2-4-13-12-17-10(9-11(18-12)16-7-15-9)14-6-8-3-5-20-19-8/h3,5,7H,2,4,6H2,1H3,(H3,13,14,15,16,17,18). The van der Waals surface area contributed by atoms with E-state index in [4.69, 9.17) is 4.52 Å². The lowest BCUT2D eigenvalue weighted by atomic mass is 10.4. The van der Waals surface area contributed by atoms with Gasteiger partial charge < -0.3 is 20.1 Å². The molecule has 0 fully saturated rings. The minimum atomic E-state index is 0.523. The molecule has 0 unspecified atom stereocenters. The fourth-order valence-corrected chi connectivity index (χ4v) is 1.78. The third kappa shape index (κ3) is 2.53. The van der Waals surface area contributed by atoms with Crippen LogP contribution >= 0.6 is 0 Å². The summed E-state index contributed by atoms with van der Waals surface area (Å²) in [6, 6.07) is 1.80. The highest BCUT2D eigenvalue weighted by molar-refractivity contribution is 5.83. The van der Waals surface area contributed by atoms with E-state index in [2.05, 4.69) is 42.6 Å². The van der Waals surface area contributed by atoms with E-state index in [-0.39, 0.29) is 0 Å². The number of H-pyrrole nitrogens is 1. The van der Waals surface area contributed by atoms with Gasteiger partial charge in [-0.2, -0.15) is 9.97 Å². The molecular formula is C12H15N7O. The van der Waals surface area contributed by atoms with E-state index in [1.165, 1.54) is 6.26 Å². The van der Waals surface area contributed by atoms with Crippen LogP contribution in [0.25, 0.3) is 11.2 Å². The topological polar surface area (TPSA) is 105 Å². The summed E-state index contributed by atoms with van der Waals surface area (Å²) in [7, 11) is 0. The van der Waals surface area contributed by atoms with Crippen molar-refractivity contribution in [3.8, 4) is 0 Å². The third-order valence-corrected chi connectivity index (χ3v) is 2.75. The van der Waals surface area contributed by atoms with Gasteiger partial charge in [0.15, 0.2) is 11.5 Å². The summed E-state index contributed by atoms with van der Waals surface area (Å²) in [5.74, 6) is 1.25. The highest BCUT2D eigenvalue weighted by Gasteiger charge is 2.10. The first-order chi connectivity index (χ1) is 9.86. The first kappa shape index (κ1) is 12.4. The summed E-state index contributed by atoms with van der Waals surface area (Å²) in [6.45, 7) is 3.43. The lowest BCUT2D eigenvalue weighted by Crippen LogP contribution is -2.08. The second kappa shape index (κ2) is 5.55. The van der Waals surface area contributed by atoms with Gasteiger partial charge >= 0.3 is 0 Å². The van der Waals surface area contributed by atoms with Crippen LogP contribution in [0.3, 0.4) is 0 Å². The molecule has 0 spiro atoms. The maximum Gasteiger partial charge on any atom is 0.226 e. The van der Waals surface area contributed by atoms with Gasteiger partial charge in [-0.05, 0) is 6.42 Å². The number of hydrogen-bond donors (Lipinski definition) is 3. The third-order valence-electron chi connectivity index (χ3n) is 2.75. The summed E-state index contributed by atoms with van der Waals surface area (Å²) in [6.07, 6.45) is 4.14. The lowest BCUT2D eigenvalue weighted by Gasteiger charge is -2.07. The fraction of sp³-hybridized carbons (Fsp3) is 0.333. The Balaban J connectivity index is 1.85. The largest absolute Gasteiger partial charge is 0.364 e. The normalized spacial score (nSPS) is 10.8. The molecule has 0 amide bonds. The minimum Gasteiger partial charge on any atom is -0.364 e. The van der Waals surface area contributed by atoms with E-state index in [9.17, 15) is 0 Å². The van der Waals surface area contributed by atoms with E-state index in [1.807, 2.05) is 0 Å². The number of rotatable bonds is 6. The molecule has 20 heavy (non-hydrogen) atoms. The monoisotopic (exact) mass is 273 g/mol. The average molecular weight is 273 g/mol. The van der Waals surface area contributed by atoms with E-state index in [0.29, 0.717) is 24.0 Å². The van der Waals surface area contributed by atoms with Gasteiger partial charge in [0.05, 0.1) is 12.9 Å². The summed E-state index contributed by atoms with van der Waals surface area (Å²) in [5.41, 5.74) is 2.20. The Morgan fingerprint density at radius 3 is 3.05 bits per heavy atom. The number of hydrogen-bond acceptors (Lipinski definition) is 7. The number of imidazole rings is 1. The van der Waals surface area contributed by atoms with Gasteiger partial charge in [0, 0.05) is 12.6 Å². The van der Waals surface area contributed by atoms with E-state index < -0.39 is 0 Å². The summed E-state index contributed by atoms with van der Waals surface area (Å²) in [5, 5.41) is 10.2. The molecule has 0 bridgehead atoms. The van der Waals surface area contributed by atoms with Crippen LogP contribution in [0.1, 0.15) is 19.0 Å². The molecule has 3 aromatic rings. The van der Waals surface area contributed by atoms with Crippen LogP contribution in [-0.2, 0) is 6.54 Å². The predicted molar refractivity (Wildman–Crippen MR) is 74.3 cm³/mol. The molecule has 0 aliphatic heterocycles. The van der Waals surface area contributed by atoms with Crippen molar-refractivity contribution in [1.82, 2.24) is 25.1 Å². The molecule has 0 aliphatic rings. The van der Waals surface area contributed by atoms with Crippen molar-refractivity contribution in [2.45, 2.75) is 19.9 Å². The highest BCUT2D eigenvalue weighted by atomic mass is 16.5. The summed E-state index contributed by atoms with van der Waals surface area (Å²) < 4.78 is 4.80. The number of aromatic amines is 1. The smallest absolute Gasteiger partial charge is 0.226 e. The Morgan fingerprint density at radius 1 is 1.30 bits per heavy atom. The molecule has 104 valence electrons. The van der Waals surface area contributed by atoms with Gasteiger partial charge in [-0.15, -0.1) is 0 Å². The molecular weight excluding hydrogens is 258 g/mol. The zero-order chi connectivity index (χ0) is 13.8. The van der Waals surface area contributed by atoms with Gasteiger partial charge in [0.25, 0.3) is 0 Å². The number of nitrogens with one attached hydrogen (secondary N) is 3. The van der Waals surface area contributed by atoms with Crippen molar-refractivity contribution >= 4 is 22.9 Å². The predicted octanol–water partition coefficient (Wildman–Crippen LogP) is 1.77. The Labute approximate surface area is 115 Å². The molecule has 3 rings (SSSR count). The summed E-state index contributed by atoms with van der Waals surface area (Å²) in [4.78, 5) is 16.0. The van der Waals surface area contributed by atoms with Crippen molar-refractivity contribution in [3.63, 3.8) is 0 Å². The minimum absolute atomic E-state index is 0.523. The van der Waals surface area contributed by atoms with Crippen molar-refractivity contribution in [2.24, 2.45) is 0 Å². The molecule has 0 radical (unpaired) electrons. The fourth-order valence-electron chi connectivity index (χ4n) is 1.78. The van der Waals surface area contributed by atoms with Crippen LogP contribution in [-0.4, -0.2) is 31.6 Å². The first-order valence-corrected chi connectivity index (χ1v) is 6.45. The Morgan fingerprint density at radius 2 is 2.25 bits per heavy atom. The van der Waals surface area contributed by atoms with Crippen molar-refractivity contribution in [3.05, 3.63) is 24.4 Å². The van der Waals surface area contributed by atoms with E-state index in [0.717, 1.165) is 24.2 Å². The van der Waals surface area contributed by atoms with Crippen molar-refractivity contribution < 1.29 is 4.52 Å². The lowest BCUT2D eigenvalue weighted by molar-refractivity contribution is 0.412. The number of aromatic nitrogens is 5. The molecule has 0 aliphatic carbocycles. The molecule has 0 saturated heterocycles. The molecule has 8 heteroatoms. The molecule has 3 aromatic heterocycles. The van der Waals surface area contributed by atoms with Crippen LogP contribution in [0.5, 0.6) is 0 Å². The Bertz CT molecular complexity index is 676. The second-order valence-corrected chi connectivity index (χ2v) is 4.27. The van der Waals surface area contributed by atoms with Gasteiger partial charge in [-0.1, -0.05) is 12.1 Å². The zero-order valence-electron chi connectivity index (χ0n) is 11.1. The van der Waals surface area contributed by atoms with Gasteiger partial charge in [-0.3, -0.25) is 0 Å². The van der Waals surface area contributed by atoms with Gasteiger partial charge in [-0.25, -0.2) is 4.98 Å². The SMILES string of the molecule is CCCNc1nc(NCc2ccon2)c2[nH]cnc2n1. The molecule has 0 saturated carbocycles. The van der Waals surface area contributed by atoms with Crippen LogP contribution in [0, 0.1) is 0 Å². The quantitative estimate of drug-likeness (QED) is 0.628. The van der Waals surface area contributed by atoms with Gasteiger partial charge in [0.1, 0.15) is 17.5 Å². The second-order valence-electron chi connectivity index (χ2n) is 4.27. The molecule has 8 nitrogen and oxygen atoms in total. The van der Waals surface area contributed by atoms with E-state index >= 15 is 0 Å². The van der Waals surface area contributed by atoms with Crippen molar-refractivity contribution in [2.75, 3.05) is 17.2 Å². The van der Waals surface area contributed by atoms with Crippen molar-refractivity contribution in [1.29, 1.82) is 0 Å². The van der Waals surface area contributed by atoms with Crippen LogP contribution in [0.2, 0.25) is 0 Å². The first-order valence-electron chi connectivity index (χ1n) is 6.45.